The maximum atomic E-state index is 3.78. The number of rotatable bonds is 7. The number of piperidine rings is 1. The van der Waals surface area contributed by atoms with E-state index in [9.17, 15) is 0 Å². The summed E-state index contributed by atoms with van der Waals surface area (Å²) in [4.78, 5) is 4.88. The molecule has 0 spiro atoms. The van der Waals surface area contributed by atoms with Gasteiger partial charge in [0.05, 0.1) is 0 Å². The molecule has 1 saturated heterocycles. The van der Waals surface area contributed by atoms with Crippen LogP contribution in [0.25, 0.3) is 0 Å². The van der Waals surface area contributed by atoms with E-state index in [4.69, 9.17) is 0 Å². The molecule has 0 aromatic rings. The molecule has 0 aliphatic carbocycles. The lowest BCUT2D eigenvalue weighted by molar-refractivity contribution is 0.176. The zero-order valence-corrected chi connectivity index (χ0v) is 13.1. The first-order valence-electron chi connectivity index (χ1n) is 7.53. The third-order valence-electron chi connectivity index (χ3n) is 3.74. The Morgan fingerprint density at radius 3 is 2.33 bits per heavy atom. The fourth-order valence-electron chi connectivity index (χ4n) is 3.01. The molecular weight excluding hydrogens is 222 g/mol. The summed E-state index contributed by atoms with van der Waals surface area (Å²) >= 11 is 0. The Morgan fingerprint density at radius 1 is 1.22 bits per heavy atom. The maximum absolute atomic E-state index is 3.78. The van der Waals surface area contributed by atoms with E-state index < -0.39 is 0 Å². The van der Waals surface area contributed by atoms with Gasteiger partial charge in [0.25, 0.3) is 0 Å². The van der Waals surface area contributed by atoms with Gasteiger partial charge < -0.3 is 15.1 Å². The van der Waals surface area contributed by atoms with Gasteiger partial charge in [-0.2, -0.15) is 0 Å². The van der Waals surface area contributed by atoms with Crippen molar-refractivity contribution in [3.8, 4) is 0 Å². The van der Waals surface area contributed by atoms with Crippen LogP contribution >= 0.6 is 0 Å². The molecule has 0 atom stereocenters. The van der Waals surface area contributed by atoms with Crippen LogP contribution in [0.1, 0.15) is 40.0 Å². The Morgan fingerprint density at radius 2 is 1.83 bits per heavy atom. The van der Waals surface area contributed by atoms with Gasteiger partial charge in [0.15, 0.2) is 0 Å². The highest BCUT2D eigenvalue weighted by Gasteiger charge is 2.23. The second-order valence-corrected chi connectivity index (χ2v) is 6.90. The molecule has 0 saturated carbocycles. The van der Waals surface area contributed by atoms with Crippen molar-refractivity contribution in [2.45, 2.75) is 46.1 Å². The smallest absolute Gasteiger partial charge is 0.00916 e. The molecule has 18 heavy (non-hydrogen) atoms. The summed E-state index contributed by atoms with van der Waals surface area (Å²) in [5, 5.41) is 3.78. The zero-order valence-electron chi connectivity index (χ0n) is 13.1. The zero-order chi connectivity index (χ0) is 13.6. The maximum Gasteiger partial charge on any atom is 0.00916 e. The highest BCUT2D eigenvalue weighted by Crippen LogP contribution is 2.17. The molecule has 1 fully saturated rings. The van der Waals surface area contributed by atoms with Crippen molar-refractivity contribution in [1.82, 2.24) is 15.1 Å². The molecule has 0 radical (unpaired) electrons. The highest BCUT2D eigenvalue weighted by molar-refractivity contribution is 4.81. The van der Waals surface area contributed by atoms with Gasteiger partial charge in [0.1, 0.15) is 0 Å². The minimum absolute atomic E-state index is 0.365. The van der Waals surface area contributed by atoms with E-state index in [-0.39, 0.29) is 0 Å². The molecule has 1 N–H and O–H groups in total. The largest absolute Gasteiger partial charge is 0.313 e. The van der Waals surface area contributed by atoms with Gasteiger partial charge in [-0.3, -0.25) is 0 Å². The van der Waals surface area contributed by atoms with E-state index in [0.717, 1.165) is 19.1 Å². The van der Waals surface area contributed by atoms with E-state index in [2.05, 4.69) is 50.0 Å². The van der Waals surface area contributed by atoms with Crippen LogP contribution in [-0.2, 0) is 0 Å². The van der Waals surface area contributed by atoms with Crippen molar-refractivity contribution in [1.29, 1.82) is 0 Å². The minimum atomic E-state index is 0.365. The average molecular weight is 255 g/mol. The van der Waals surface area contributed by atoms with Crippen LogP contribution in [0.5, 0.6) is 0 Å². The van der Waals surface area contributed by atoms with E-state index >= 15 is 0 Å². The number of likely N-dealkylation sites (tertiary alicyclic amines) is 1. The Kier molecular flexibility index (Phi) is 6.61. The molecular formula is C15H33N3. The molecule has 0 unspecified atom stereocenters. The van der Waals surface area contributed by atoms with Gasteiger partial charge in [-0.15, -0.1) is 0 Å². The van der Waals surface area contributed by atoms with E-state index in [0.29, 0.717) is 5.41 Å². The molecule has 1 heterocycles. The van der Waals surface area contributed by atoms with Crippen molar-refractivity contribution < 1.29 is 0 Å². The van der Waals surface area contributed by atoms with Crippen LogP contribution in [0.3, 0.4) is 0 Å². The Hall–Kier alpha value is -0.120. The van der Waals surface area contributed by atoms with Crippen LogP contribution in [-0.4, -0.2) is 62.7 Å². The van der Waals surface area contributed by atoms with Gasteiger partial charge >= 0.3 is 0 Å². The quantitative estimate of drug-likeness (QED) is 0.751. The van der Waals surface area contributed by atoms with Gasteiger partial charge in [-0.1, -0.05) is 20.8 Å². The first-order chi connectivity index (χ1) is 8.43. The standard InChI is InChI=1S/C15H33N3/c1-6-9-18-10-7-14(8-11-18)16-12-15(2,3)13-17(4)5/h14,16H,6-13H2,1-5H3. The Bertz CT molecular complexity index is 218. The van der Waals surface area contributed by atoms with Crippen molar-refractivity contribution in [2.75, 3.05) is 46.8 Å². The fraction of sp³-hybridized carbons (Fsp3) is 1.00. The molecule has 1 aliphatic heterocycles. The fourth-order valence-corrected chi connectivity index (χ4v) is 3.01. The van der Waals surface area contributed by atoms with Crippen molar-refractivity contribution in [3.63, 3.8) is 0 Å². The van der Waals surface area contributed by atoms with Crippen LogP contribution in [0.4, 0.5) is 0 Å². The molecule has 0 amide bonds. The van der Waals surface area contributed by atoms with Crippen LogP contribution < -0.4 is 5.32 Å². The second kappa shape index (κ2) is 7.46. The minimum Gasteiger partial charge on any atom is -0.313 e. The Labute approximate surface area is 114 Å². The van der Waals surface area contributed by atoms with Crippen molar-refractivity contribution >= 4 is 0 Å². The topological polar surface area (TPSA) is 18.5 Å². The third-order valence-corrected chi connectivity index (χ3v) is 3.74. The van der Waals surface area contributed by atoms with E-state index in [1.165, 1.54) is 38.9 Å². The van der Waals surface area contributed by atoms with Crippen molar-refractivity contribution in [2.24, 2.45) is 5.41 Å². The molecule has 0 bridgehead atoms. The normalized spacial score (nSPS) is 19.7. The number of nitrogens with zero attached hydrogens (tertiary/aromatic N) is 2. The third kappa shape index (κ3) is 6.17. The molecule has 1 aliphatic rings. The number of hydrogen-bond donors (Lipinski definition) is 1. The van der Waals surface area contributed by atoms with E-state index in [1.807, 2.05) is 0 Å². The predicted molar refractivity (Wildman–Crippen MR) is 80.1 cm³/mol. The second-order valence-electron chi connectivity index (χ2n) is 6.90. The summed E-state index contributed by atoms with van der Waals surface area (Å²) in [7, 11) is 4.32. The lowest BCUT2D eigenvalue weighted by atomic mass is 9.92. The molecule has 108 valence electrons. The summed E-state index contributed by atoms with van der Waals surface area (Å²) in [5.41, 5.74) is 0.365. The van der Waals surface area contributed by atoms with Crippen LogP contribution in [0.15, 0.2) is 0 Å². The number of hydrogen-bond acceptors (Lipinski definition) is 3. The van der Waals surface area contributed by atoms with Crippen LogP contribution in [0.2, 0.25) is 0 Å². The number of nitrogens with one attached hydrogen (secondary N) is 1. The highest BCUT2D eigenvalue weighted by atomic mass is 15.1. The van der Waals surface area contributed by atoms with E-state index in [1.54, 1.807) is 0 Å². The van der Waals surface area contributed by atoms with Gasteiger partial charge in [-0.25, -0.2) is 0 Å². The monoisotopic (exact) mass is 255 g/mol. The first kappa shape index (κ1) is 15.9. The van der Waals surface area contributed by atoms with Crippen molar-refractivity contribution in [3.05, 3.63) is 0 Å². The molecule has 1 rings (SSSR count). The molecule has 0 aromatic carbocycles. The van der Waals surface area contributed by atoms with Gasteiger partial charge in [0.2, 0.25) is 0 Å². The first-order valence-corrected chi connectivity index (χ1v) is 7.53. The summed E-state index contributed by atoms with van der Waals surface area (Å²) in [6.07, 6.45) is 3.92. The lowest BCUT2D eigenvalue weighted by Crippen LogP contribution is -2.46. The average Bonchev–Trinajstić information content (AvgIpc) is 2.27. The summed E-state index contributed by atoms with van der Waals surface area (Å²) in [6, 6.07) is 0.736. The van der Waals surface area contributed by atoms with Gasteiger partial charge in [0, 0.05) is 19.1 Å². The molecule has 3 heteroatoms. The molecule has 0 aromatic heterocycles. The summed E-state index contributed by atoms with van der Waals surface area (Å²) in [5.74, 6) is 0. The SMILES string of the molecule is CCCN1CCC(NCC(C)(C)CN(C)C)CC1. The summed E-state index contributed by atoms with van der Waals surface area (Å²) < 4.78 is 0. The Balaban J connectivity index is 2.21. The predicted octanol–water partition coefficient (Wildman–Crippen LogP) is 2.04. The van der Waals surface area contributed by atoms with Crippen LogP contribution in [0, 0.1) is 5.41 Å². The summed E-state index contributed by atoms with van der Waals surface area (Å²) in [6.45, 7) is 13.1. The van der Waals surface area contributed by atoms with Gasteiger partial charge in [-0.05, 0) is 58.4 Å². The lowest BCUT2D eigenvalue weighted by Gasteiger charge is -2.35. The molecule has 3 nitrogen and oxygen atoms in total.